The van der Waals surface area contributed by atoms with Crippen molar-refractivity contribution in [2.24, 2.45) is 16.6 Å². The maximum atomic E-state index is 12.5. The molecule has 1 aromatic rings. The van der Waals surface area contributed by atoms with Crippen molar-refractivity contribution in [2.45, 2.75) is 19.8 Å². The standard InChI is InChI=1S/C17H19N3O7/c1-3-26-15-13(16(21)22)11(9-7-5-6-8-10(9)20(24)25)12(14(18)19-15)17(23)27-4-2/h5-8,11,13H,3-4,18H2,1-2H3,(H,21,22). The maximum absolute atomic E-state index is 12.5. The first-order valence-electron chi connectivity index (χ1n) is 8.17. The van der Waals surface area contributed by atoms with Gasteiger partial charge in [-0.05, 0) is 13.8 Å². The van der Waals surface area contributed by atoms with E-state index in [0.29, 0.717) is 0 Å². The predicted octanol–water partition coefficient (Wildman–Crippen LogP) is 1.56. The molecule has 1 aliphatic rings. The number of aliphatic imine (C=N–C) groups is 1. The molecule has 0 aliphatic carbocycles. The molecule has 2 unspecified atom stereocenters. The minimum Gasteiger partial charge on any atom is -0.481 e. The Morgan fingerprint density at radius 2 is 1.96 bits per heavy atom. The van der Waals surface area contributed by atoms with Crippen LogP contribution in [0.3, 0.4) is 0 Å². The van der Waals surface area contributed by atoms with Crippen molar-refractivity contribution in [2.75, 3.05) is 13.2 Å². The number of hydrogen-bond donors (Lipinski definition) is 2. The molecular formula is C17H19N3O7. The Kier molecular flexibility index (Phi) is 6.11. The third-order valence-electron chi connectivity index (χ3n) is 3.94. The summed E-state index contributed by atoms with van der Waals surface area (Å²) in [7, 11) is 0. The number of carbonyl (C=O) groups is 2. The van der Waals surface area contributed by atoms with Crippen molar-refractivity contribution in [3.63, 3.8) is 0 Å². The number of nitrogens with zero attached hydrogens (tertiary/aromatic N) is 2. The lowest BCUT2D eigenvalue weighted by Crippen LogP contribution is -2.39. The van der Waals surface area contributed by atoms with Crippen LogP contribution < -0.4 is 5.73 Å². The van der Waals surface area contributed by atoms with E-state index < -0.39 is 28.7 Å². The molecule has 0 radical (unpaired) electrons. The van der Waals surface area contributed by atoms with Gasteiger partial charge in [-0.15, -0.1) is 0 Å². The quantitative estimate of drug-likeness (QED) is 0.430. The Hall–Kier alpha value is -3.43. The summed E-state index contributed by atoms with van der Waals surface area (Å²) in [5, 5.41) is 21.2. The first-order chi connectivity index (χ1) is 12.8. The second kappa shape index (κ2) is 8.30. The largest absolute Gasteiger partial charge is 0.481 e. The topological polar surface area (TPSA) is 154 Å². The van der Waals surface area contributed by atoms with Gasteiger partial charge in [-0.3, -0.25) is 14.9 Å². The molecule has 1 heterocycles. The van der Waals surface area contributed by atoms with Gasteiger partial charge in [-0.2, -0.15) is 4.99 Å². The predicted molar refractivity (Wildman–Crippen MR) is 93.9 cm³/mol. The van der Waals surface area contributed by atoms with Crippen LogP contribution in [0.1, 0.15) is 25.3 Å². The fourth-order valence-corrected chi connectivity index (χ4v) is 2.93. The number of benzene rings is 1. The molecule has 0 amide bonds. The van der Waals surface area contributed by atoms with E-state index in [-0.39, 0.29) is 41.8 Å². The molecule has 0 saturated carbocycles. The Bertz CT molecular complexity index is 832. The number of carboxylic acid groups (broad SMARTS) is 1. The zero-order chi connectivity index (χ0) is 20.1. The normalized spacial score (nSPS) is 19.3. The first-order valence-corrected chi connectivity index (χ1v) is 8.17. The minimum atomic E-state index is -1.47. The van der Waals surface area contributed by atoms with E-state index in [0.717, 1.165) is 0 Å². The molecule has 0 bridgehead atoms. The Labute approximate surface area is 154 Å². The van der Waals surface area contributed by atoms with Crippen molar-refractivity contribution < 1.29 is 29.1 Å². The number of nitro groups is 1. The lowest BCUT2D eigenvalue weighted by molar-refractivity contribution is -0.385. The molecule has 0 saturated heterocycles. The van der Waals surface area contributed by atoms with Crippen LogP contribution in [0.4, 0.5) is 5.69 Å². The Morgan fingerprint density at radius 1 is 1.30 bits per heavy atom. The highest BCUT2D eigenvalue weighted by atomic mass is 16.6. The summed E-state index contributed by atoms with van der Waals surface area (Å²) < 4.78 is 10.3. The van der Waals surface area contributed by atoms with Gasteiger partial charge in [0.25, 0.3) is 5.69 Å². The van der Waals surface area contributed by atoms with E-state index in [1.165, 1.54) is 24.3 Å². The number of carboxylic acids is 1. The van der Waals surface area contributed by atoms with Crippen LogP contribution in [0, 0.1) is 16.0 Å². The zero-order valence-electron chi connectivity index (χ0n) is 14.7. The summed E-state index contributed by atoms with van der Waals surface area (Å²) in [4.78, 5) is 39.2. The first kappa shape index (κ1) is 19.9. The molecule has 10 heteroatoms. The molecular weight excluding hydrogens is 358 g/mol. The van der Waals surface area contributed by atoms with Gasteiger partial charge in [0, 0.05) is 17.5 Å². The number of aliphatic carboxylic acids is 1. The van der Waals surface area contributed by atoms with Crippen LogP contribution >= 0.6 is 0 Å². The molecule has 1 aromatic carbocycles. The third-order valence-corrected chi connectivity index (χ3v) is 3.94. The second-order valence-electron chi connectivity index (χ2n) is 5.51. The number of carbonyl (C=O) groups excluding carboxylic acids is 1. The van der Waals surface area contributed by atoms with Gasteiger partial charge in [0.15, 0.2) is 0 Å². The Morgan fingerprint density at radius 3 is 2.52 bits per heavy atom. The summed E-state index contributed by atoms with van der Waals surface area (Å²) in [5.41, 5.74) is 5.31. The number of hydrogen-bond acceptors (Lipinski definition) is 8. The maximum Gasteiger partial charge on any atom is 0.338 e. The minimum absolute atomic E-state index is 0.00741. The van der Waals surface area contributed by atoms with E-state index in [4.69, 9.17) is 15.2 Å². The summed E-state index contributed by atoms with van der Waals surface area (Å²) in [5.74, 6) is -5.53. The molecule has 10 nitrogen and oxygen atoms in total. The number of rotatable bonds is 6. The molecule has 0 spiro atoms. The van der Waals surface area contributed by atoms with Crippen molar-refractivity contribution in [1.29, 1.82) is 0 Å². The number of para-hydroxylation sites is 1. The van der Waals surface area contributed by atoms with Crippen LogP contribution in [0.5, 0.6) is 0 Å². The van der Waals surface area contributed by atoms with Crippen molar-refractivity contribution in [1.82, 2.24) is 0 Å². The number of nitrogens with two attached hydrogens (primary N) is 1. The zero-order valence-corrected chi connectivity index (χ0v) is 14.7. The molecule has 0 fully saturated rings. The van der Waals surface area contributed by atoms with Gasteiger partial charge in [0.05, 0.1) is 23.7 Å². The van der Waals surface area contributed by atoms with E-state index in [9.17, 15) is 24.8 Å². The average molecular weight is 377 g/mol. The van der Waals surface area contributed by atoms with E-state index >= 15 is 0 Å². The molecule has 144 valence electrons. The van der Waals surface area contributed by atoms with Gasteiger partial charge in [-0.1, -0.05) is 18.2 Å². The average Bonchev–Trinajstić information content (AvgIpc) is 2.61. The highest BCUT2D eigenvalue weighted by Gasteiger charge is 2.46. The van der Waals surface area contributed by atoms with Crippen LogP contribution in [0.15, 0.2) is 40.7 Å². The third kappa shape index (κ3) is 3.89. The number of nitro benzene ring substituents is 1. The van der Waals surface area contributed by atoms with Crippen molar-refractivity contribution >= 4 is 23.5 Å². The lowest BCUT2D eigenvalue weighted by Gasteiger charge is -2.30. The highest BCUT2D eigenvalue weighted by Crippen LogP contribution is 2.42. The molecule has 2 rings (SSSR count). The van der Waals surface area contributed by atoms with E-state index in [1.807, 2.05) is 0 Å². The monoisotopic (exact) mass is 377 g/mol. The molecule has 27 heavy (non-hydrogen) atoms. The fraction of sp³-hybridized carbons (Fsp3) is 0.353. The van der Waals surface area contributed by atoms with Crippen LogP contribution in [-0.2, 0) is 19.1 Å². The van der Waals surface area contributed by atoms with Crippen molar-refractivity contribution in [3.05, 3.63) is 51.3 Å². The summed E-state index contributed by atoms with van der Waals surface area (Å²) >= 11 is 0. The number of ether oxygens (including phenoxy) is 2. The summed E-state index contributed by atoms with van der Waals surface area (Å²) in [6, 6.07) is 5.54. The number of esters is 1. The summed E-state index contributed by atoms with van der Waals surface area (Å²) in [6.45, 7) is 3.32. The van der Waals surface area contributed by atoms with Gasteiger partial charge in [0.2, 0.25) is 5.90 Å². The van der Waals surface area contributed by atoms with Crippen LogP contribution in [0.25, 0.3) is 0 Å². The fourth-order valence-electron chi connectivity index (χ4n) is 2.93. The molecule has 2 atom stereocenters. The highest BCUT2D eigenvalue weighted by molar-refractivity contribution is 6.04. The molecule has 0 aromatic heterocycles. The van der Waals surface area contributed by atoms with Gasteiger partial charge in [-0.25, -0.2) is 4.79 Å². The van der Waals surface area contributed by atoms with Crippen LogP contribution in [0.2, 0.25) is 0 Å². The SMILES string of the molecule is CCOC(=O)C1=C(N)N=C(OCC)C(C(=O)O)C1c1ccccc1[N+](=O)[O-]. The molecule has 1 aliphatic heterocycles. The van der Waals surface area contributed by atoms with Crippen molar-refractivity contribution in [3.8, 4) is 0 Å². The van der Waals surface area contributed by atoms with Crippen LogP contribution in [-0.4, -0.2) is 41.1 Å². The van der Waals surface area contributed by atoms with E-state index in [2.05, 4.69) is 4.99 Å². The summed E-state index contributed by atoms with van der Waals surface area (Å²) in [6.07, 6.45) is 0. The molecule has 3 N–H and O–H groups in total. The lowest BCUT2D eigenvalue weighted by atomic mass is 9.77. The van der Waals surface area contributed by atoms with Gasteiger partial charge in [0.1, 0.15) is 11.7 Å². The second-order valence-corrected chi connectivity index (χ2v) is 5.51. The smallest absolute Gasteiger partial charge is 0.338 e. The van der Waals surface area contributed by atoms with E-state index in [1.54, 1.807) is 13.8 Å². The van der Waals surface area contributed by atoms with Gasteiger partial charge >= 0.3 is 11.9 Å². The Balaban J connectivity index is 2.77. The van der Waals surface area contributed by atoms with Gasteiger partial charge < -0.3 is 20.3 Å².